The number of hydrogen-bond acceptors (Lipinski definition) is 4. The quantitative estimate of drug-likeness (QED) is 0.375. The normalized spacial score (nSPS) is 23.4. The highest BCUT2D eigenvalue weighted by molar-refractivity contribution is 7.46. The van der Waals surface area contributed by atoms with E-state index in [0.29, 0.717) is 18.8 Å². The third kappa shape index (κ3) is 5.07. The number of thiophene rings is 1. The molecule has 7 heteroatoms. The lowest BCUT2D eigenvalue weighted by molar-refractivity contribution is 0.153. The number of aryl methyl sites for hydroxylation is 3. The molecule has 164 valence electrons. The van der Waals surface area contributed by atoms with E-state index < -0.39 is 13.4 Å². The average Bonchev–Trinajstić information content (AvgIpc) is 3.30. The zero-order valence-corrected chi connectivity index (χ0v) is 19.3. The smallest absolute Gasteiger partial charge is 0.323 e. The van der Waals surface area contributed by atoms with Gasteiger partial charge in [0.05, 0.1) is 6.61 Å². The minimum atomic E-state index is -4.49. The molecule has 4 N–H and O–H groups in total. The Morgan fingerprint density at radius 2 is 2.07 bits per heavy atom. The Balaban J connectivity index is 1.47. The van der Waals surface area contributed by atoms with E-state index >= 15 is 0 Å². The van der Waals surface area contributed by atoms with Crippen LogP contribution in [0.3, 0.4) is 0 Å². The molecule has 0 saturated heterocycles. The van der Waals surface area contributed by atoms with Crippen LogP contribution < -0.4 is 5.73 Å². The lowest BCUT2D eigenvalue weighted by Gasteiger charge is -2.24. The molecule has 4 rings (SSSR count). The maximum atomic E-state index is 11.0. The van der Waals surface area contributed by atoms with Crippen LogP contribution in [-0.4, -0.2) is 21.9 Å². The zero-order valence-electron chi connectivity index (χ0n) is 17.6. The molecule has 1 heterocycles. The molecule has 2 aliphatic carbocycles. The van der Waals surface area contributed by atoms with E-state index in [1.54, 1.807) is 0 Å². The number of nitrogens with two attached hydrogens (primary N) is 1. The molecule has 0 bridgehead atoms. The van der Waals surface area contributed by atoms with Crippen LogP contribution in [0, 0.1) is 0 Å². The van der Waals surface area contributed by atoms with E-state index in [2.05, 4.69) is 31.2 Å². The van der Waals surface area contributed by atoms with Gasteiger partial charge in [-0.1, -0.05) is 38.0 Å². The largest absolute Gasteiger partial charge is 0.469 e. The highest BCUT2D eigenvalue weighted by Gasteiger charge is 2.38. The molecule has 0 amide bonds. The van der Waals surface area contributed by atoms with Gasteiger partial charge in [-0.15, -0.1) is 11.3 Å². The van der Waals surface area contributed by atoms with Crippen molar-refractivity contribution in [3.8, 4) is 11.1 Å². The molecule has 5 nitrogen and oxygen atoms in total. The van der Waals surface area contributed by atoms with Gasteiger partial charge in [0.2, 0.25) is 0 Å². The van der Waals surface area contributed by atoms with Crippen molar-refractivity contribution in [3.63, 3.8) is 0 Å². The molecular formula is C23H32NO4PS. The Hall–Kier alpha value is -1.01. The topological polar surface area (TPSA) is 92.8 Å². The number of fused-ring (bicyclic) bond motifs is 3. The maximum absolute atomic E-state index is 11.0. The van der Waals surface area contributed by atoms with Crippen LogP contribution >= 0.6 is 19.2 Å². The first-order valence-electron chi connectivity index (χ1n) is 11.0. The number of phosphoric ester groups is 1. The van der Waals surface area contributed by atoms with Gasteiger partial charge in [-0.05, 0) is 79.2 Å². The van der Waals surface area contributed by atoms with Crippen molar-refractivity contribution in [1.82, 2.24) is 0 Å². The predicted octanol–water partition coefficient (Wildman–Crippen LogP) is 5.32. The van der Waals surface area contributed by atoms with Gasteiger partial charge >= 0.3 is 7.82 Å². The average molecular weight is 450 g/mol. The third-order valence-electron chi connectivity index (χ3n) is 6.56. The Bertz CT molecular complexity index is 953. The van der Waals surface area contributed by atoms with E-state index in [0.717, 1.165) is 19.3 Å². The lowest BCUT2D eigenvalue weighted by atomic mass is 9.85. The number of unbranched alkanes of at least 4 members (excludes halogenated alkanes) is 2. The summed E-state index contributed by atoms with van der Waals surface area (Å²) < 4.78 is 15.7. The summed E-state index contributed by atoms with van der Waals surface area (Å²) in [5, 5.41) is 0. The second kappa shape index (κ2) is 8.85. The molecule has 2 atom stereocenters. The summed E-state index contributed by atoms with van der Waals surface area (Å²) in [6, 6.07) is 9.25. The van der Waals surface area contributed by atoms with Crippen molar-refractivity contribution in [3.05, 3.63) is 45.1 Å². The van der Waals surface area contributed by atoms with Crippen LogP contribution in [-0.2, 0) is 28.4 Å². The number of rotatable bonds is 8. The summed E-state index contributed by atoms with van der Waals surface area (Å²) in [6.07, 6.45) is 9.54. The van der Waals surface area contributed by atoms with Crippen LogP contribution in [0.5, 0.6) is 0 Å². The molecule has 30 heavy (non-hydrogen) atoms. The fourth-order valence-electron chi connectivity index (χ4n) is 4.94. The van der Waals surface area contributed by atoms with Crippen LogP contribution in [0.15, 0.2) is 24.3 Å². The SMILES string of the molecule is CCCCCc1cc2c(s1)CCc1cc([C@H]3CC[C@](N)(COP(=O)(O)O)C3)ccc1-2. The zero-order chi connectivity index (χ0) is 21.4. The molecule has 1 aromatic carbocycles. The Morgan fingerprint density at radius 3 is 2.83 bits per heavy atom. The van der Waals surface area contributed by atoms with Crippen molar-refractivity contribution >= 4 is 19.2 Å². The van der Waals surface area contributed by atoms with Crippen molar-refractivity contribution < 1.29 is 18.9 Å². The van der Waals surface area contributed by atoms with Crippen LogP contribution in [0.4, 0.5) is 0 Å². The van der Waals surface area contributed by atoms with E-state index in [4.69, 9.17) is 20.0 Å². The van der Waals surface area contributed by atoms with Gasteiger partial charge in [0, 0.05) is 15.3 Å². The molecule has 0 spiro atoms. The van der Waals surface area contributed by atoms with E-state index in [-0.39, 0.29) is 6.61 Å². The van der Waals surface area contributed by atoms with E-state index in [9.17, 15) is 4.57 Å². The second-order valence-corrected chi connectivity index (χ2v) is 11.5. The fourth-order valence-corrected chi connectivity index (χ4v) is 6.59. The van der Waals surface area contributed by atoms with Crippen molar-refractivity contribution in [1.29, 1.82) is 0 Å². The molecule has 0 aliphatic heterocycles. The predicted molar refractivity (Wildman–Crippen MR) is 122 cm³/mol. The first kappa shape index (κ1) is 22.2. The van der Waals surface area contributed by atoms with Crippen LogP contribution in [0.25, 0.3) is 11.1 Å². The van der Waals surface area contributed by atoms with Gasteiger partial charge in [0.15, 0.2) is 0 Å². The minimum Gasteiger partial charge on any atom is -0.323 e. The molecule has 1 fully saturated rings. The fraction of sp³-hybridized carbons (Fsp3) is 0.565. The van der Waals surface area contributed by atoms with Crippen molar-refractivity contribution in [2.24, 2.45) is 5.73 Å². The molecule has 0 unspecified atom stereocenters. The Morgan fingerprint density at radius 1 is 1.23 bits per heavy atom. The third-order valence-corrected chi connectivity index (χ3v) is 8.28. The van der Waals surface area contributed by atoms with Crippen LogP contribution in [0.2, 0.25) is 0 Å². The summed E-state index contributed by atoms with van der Waals surface area (Å²) in [7, 11) is -4.49. The summed E-state index contributed by atoms with van der Waals surface area (Å²) in [4.78, 5) is 21.0. The van der Waals surface area contributed by atoms with Crippen LogP contribution in [0.1, 0.15) is 72.2 Å². The van der Waals surface area contributed by atoms with Crippen molar-refractivity contribution in [2.45, 2.75) is 76.2 Å². The first-order chi connectivity index (χ1) is 14.3. The number of benzene rings is 1. The monoisotopic (exact) mass is 449 g/mol. The lowest BCUT2D eigenvalue weighted by Crippen LogP contribution is -2.41. The van der Waals surface area contributed by atoms with Gasteiger partial charge in [-0.25, -0.2) is 4.57 Å². The van der Waals surface area contributed by atoms with Gasteiger partial charge in [-0.2, -0.15) is 0 Å². The number of hydrogen-bond donors (Lipinski definition) is 3. The molecular weight excluding hydrogens is 417 g/mol. The highest BCUT2D eigenvalue weighted by Crippen LogP contribution is 2.45. The Labute approximate surface area is 182 Å². The first-order valence-corrected chi connectivity index (χ1v) is 13.3. The van der Waals surface area contributed by atoms with Crippen molar-refractivity contribution in [2.75, 3.05) is 6.61 Å². The van der Waals surface area contributed by atoms with E-state index in [1.165, 1.54) is 57.7 Å². The molecule has 1 saturated carbocycles. The van der Waals surface area contributed by atoms with E-state index in [1.807, 2.05) is 11.3 Å². The summed E-state index contributed by atoms with van der Waals surface area (Å²) in [6.45, 7) is 2.15. The molecule has 2 aromatic rings. The van der Waals surface area contributed by atoms with Gasteiger partial charge in [0.25, 0.3) is 0 Å². The van der Waals surface area contributed by atoms with Gasteiger partial charge in [0.1, 0.15) is 0 Å². The second-order valence-electron chi connectivity index (χ2n) is 8.99. The molecule has 2 aliphatic rings. The highest BCUT2D eigenvalue weighted by atomic mass is 32.1. The number of phosphoric acid groups is 1. The summed E-state index contributed by atoms with van der Waals surface area (Å²) >= 11 is 1.99. The molecule has 0 radical (unpaired) electrons. The standard InChI is InChI=1S/C23H32NO4PS/c1-2-3-4-5-19-13-21-20-8-6-16(12-17(20)7-9-22(21)30-19)18-10-11-23(24,14-18)15-28-29(25,26)27/h6,8,12-13,18H,2-5,7,9-11,14-15,24H2,1H3,(H2,25,26,27)/t18-,23+/m0/s1. The van der Waals surface area contributed by atoms with Gasteiger partial charge < -0.3 is 15.5 Å². The summed E-state index contributed by atoms with van der Waals surface area (Å²) in [5.74, 6) is 0.314. The van der Waals surface area contributed by atoms with Gasteiger partial charge in [-0.3, -0.25) is 4.52 Å². The Kier molecular flexibility index (Phi) is 6.55. The summed E-state index contributed by atoms with van der Waals surface area (Å²) in [5.41, 5.74) is 11.2. The minimum absolute atomic E-state index is 0.0994. The molecule has 1 aromatic heterocycles. The maximum Gasteiger partial charge on any atom is 0.469 e.